The first-order valence-electron chi connectivity index (χ1n) is 8.80. The van der Waals surface area contributed by atoms with E-state index in [1.807, 2.05) is 0 Å². The summed E-state index contributed by atoms with van der Waals surface area (Å²) < 4.78 is 0. The van der Waals surface area contributed by atoms with Gasteiger partial charge >= 0.3 is 5.97 Å². The van der Waals surface area contributed by atoms with Crippen LogP contribution >= 0.6 is 12.6 Å². The molecule has 8 N–H and O–H groups in total. The SMILES string of the molecule is CC(C)[C@H](N)C(=O)N[C@@H](CCCCN)C(=O)N[C@@H](CS)C(=O)NCC(=O)O. The second-order valence-electron chi connectivity index (χ2n) is 6.47. The van der Waals surface area contributed by atoms with Crippen LogP contribution in [-0.2, 0) is 19.2 Å². The number of nitrogens with one attached hydrogen (secondary N) is 3. The molecule has 156 valence electrons. The molecule has 0 spiro atoms. The van der Waals surface area contributed by atoms with Crippen LogP contribution in [0.2, 0.25) is 0 Å². The first-order chi connectivity index (χ1) is 12.6. The summed E-state index contributed by atoms with van der Waals surface area (Å²) in [5, 5.41) is 15.9. The van der Waals surface area contributed by atoms with Crippen molar-refractivity contribution < 1.29 is 24.3 Å². The molecule has 10 nitrogen and oxygen atoms in total. The molecular weight excluding hydrogens is 374 g/mol. The number of carbonyl (C=O) groups excluding carboxylic acids is 3. The summed E-state index contributed by atoms with van der Waals surface area (Å²) in [7, 11) is 0. The maximum absolute atomic E-state index is 12.5. The van der Waals surface area contributed by atoms with Crippen LogP contribution in [0.25, 0.3) is 0 Å². The minimum Gasteiger partial charge on any atom is -0.480 e. The molecule has 0 fully saturated rings. The van der Waals surface area contributed by atoms with Crippen molar-refractivity contribution in [2.45, 2.75) is 51.2 Å². The molecule has 0 heterocycles. The van der Waals surface area contributed by atoms with Crippen LogP contribution in [0.3, 0.4) is 0 Å². The zero-order chi connectivity index (χ0) is 21.0. The standard InChI is InChI=1S/C16H31N5O5S/c1-9(2)13(18)16(26)20-10(5-3-4-6-17)15(25)21-11(8-27)14(24)19-7-12(22)23/h9-11,13,27H,3-8,17-18H2,1-2H3,(H,19,24)(H,20,26)(H,21,25)(H,22,23)/t10-,11-,13-/m0/s1. The topological polar surface area (TPSA) is 177 Å². The number of unbranched alkanes of at least 4 members (excludes halogenated alkanes) is 1. The van der Waals surface area contributed by atoms with Crippen LogP contribution in [0.5, 0.6) is 0 Å². The average Bonchev–Trinajstić information content (AvgIpc) is 2.62. The largest absolute Gasteiger partial charge is 0.480 e. The van der Waals surface area contributed by atoms with Gasteiger partial charge in [-0.1, -0.05) is 13.8 Å². The fraction of sp³-hybridized carbons (Fsp3) is 0.750. The number of hydrogen-bond donors (Lipinski definition) is 7. The van der Waals surface area contributed by atoms with Gasteiger partial charge in [-0.2, -0.15) is 12.6 Å². The van der Waals surface area contributed by atoms with Crippen LogP contribution < -0.4 is 27.4 Å². The van der Waals surface area contributed by atoms with Gasteiger partial charge in [-0.25, -0.2) is 0 Å². The molecular formula is C16H31N5O5S. The lowest BCUT2D eigenvalue weighted by Gasteiger charge is -2.24. The fourth-order valence-electron chi connectivity index (χ4n) is 2.08. The van der Waals surface area contributed by atoms with E-state index in [0.717, 1.165) is 0 Å². The van der Waals surface area contributed by atoms with E-state index in [0.29, 0.717) is 25.8 Å². The van der Waals surface area contributed by atoms with Crippen LogP contribution in [0.4, 0.5) is 0 Å². The molecule has 0 saturated heterocycles. The van der Waals surface area contributed by atoms with Gasteiger partial charge in [0.1, 0.15) is 18.6 Å². The second kappa shape index (κ2) is 13.3. The molecule has 0 bridgehead atoms. The summed E-state index contributed by atoms with van der Waals surface area (Å²) in [4.78, 5) is 47.2. The van der Waals surface area contributed by atoms with Crippen molar-refractivity contribution in [3.63, 3.8) is 0 Å². The highest BCUT2D eigenvalue weighted by Crippen LogP contribution is 2.05. The second-order valence-corrected chi connectivity index (χ2v) is 6.84. The summed E-state index contributed by atoms with van der Waals surface area (Å²) in [6.45, 7) is 3.46. The van der Waals surface area contributed by atoms with E-state index in [-0.39, 0.29) is 11.7 Å². The van der Waals surface area contributed by atoms with Crippen molar-refractivity contribution in [2.24, 2.45) is 17.4 Å². The quantitative estimate of drug-likeness (QED) is 0.140. The Bertz CT molecular complexity index is 517. The Balaban J connectivity index is 5.00. The average molecular weight is 406 g/mol. The zero-order valence-corrected chi connectivity index (χ0v) is 16.6. The van der Waals surface area contributed by atoms with Crippen molar-refractivity contribution in [3.05, 3.63) is 0 Å². The normalized spacial score (nSPS) is 14.1. The predicted octanol–water partition coefficient (Wildman–Crippen LogP) is -1.80. The Kier molecular flexibility index (Phi) is 12.4. The highest BCUT2D eigenvalue weighted by Gasteiger charge is 2.28. The molecule has 27 heavy (non-hydrogen) atoms. The van der Waals surface area contributed by atoms with E-state index in [1.54, 1.807) is 13.8 Å². The molecule has 0 aliphatic heterocycles. The van der Waals surface area contributed by atoms with Gasteiger partial charge in [0.05, 0.1) is 6.04 Å². The van der Waals surface area contributed by atoms with Gasteiger partial charge in [-0.3, -0.25) is 19.2 Å². The molecule has 0 radical (unpaired) electrons. The third-order valence-electron chi connectivity index (χ3n) is 3.83. The highest BCUT2D eigenvalue weighted by molar-refractivity contribution is 7.80. The predicted molar refractivity (Wildman–Crippen MR) is 104 cm³/mol. The Morgan fingerprint density at radius 2 is 1.59 bits per heavy atom. The number of amides is 3. The molecule has 0 saturated carbocycles. The van der Waals surface area contributed by atoms with Crippen molar-refractivity contribution in [1.29, 1.82) is 0 Å². The molecule has 11 heteroatoms. The first kappa shape index (κ1) is 25.1. The highest BCUT2D eigenvalue weighted by atomic mass is 32.1. The molecule has 0 aromatic rings. The Labute approximate surface area is 164 Å². The maximum Gasteiger partial charge on any atom is 0.322 e. The monoisotopic (exact) mass is 405 g/mol. The molecule has 0 rings (SSSR count). The number of carboxylic acid groups (broad SMARTS) is 1. The van der Waals surface area contributed by atoms with Crippen molar-refractivity contribution in [3.8, 4) is 0 Å². The lowest BCUT2D eigenvalue weighted by molar-refractivity contribution is -0.138. The lowest BCUT2D eigenvalue weighted by Crippen LogP contribution is -2.57. The van der Waals surface area contributed by atoms with Crippen molar-refractivity contribution in [1.82, 2.24) is 16.0 Å². The summed E-state index contributed by atoms with van der Waals surface area (Å²) in [5.74, 6) is -3.05. The number of carbonyl (C=O) groups is 4. The Morgan fingerprint density at radius 3 is 2.07 bits per heavy atom. The third kappa shape index (κ3) is 10.2. The molecule has 0 aromatic carbocycles. The summed E-state index contributed by atoms with van der Waals surface area (Å²) >= 11 is 4.01. The first-order valence-corrected chi connectivity index (χ1v) is 9.44. The molecule has 0 aromatic heterocycles. The maximum atomic E-state index is 12.5. The summed E-state index contributed by atoms with van der Waals surface area (Å²) in [5.41, 5.74) is 11.3. The summed E-state index contributed by atoms with van der Waals surface area (Å²) in [6, 6.07) is -2.69. The molecule has 0 aliphatic rings. The van der Waals surface area contributed by atoms with Gasteiger partial charge in [-0.15, -0.1) is 0 Å². The molecule has 3 atom stereocenters. The van der Waals surface area contributed by atoms with Gasteiger partial charge in [-0.05, 0) is 31.7 Å². The van der Waals surface area contributed by atoms with E-state index in [9.17, 15) is 19.2 Å². The van der Waals surface area contributed by atoms with Gasteiger partial charge in [0.2, 0.25) is 17.7 Å². The molecule has 0 unspecified atom stereocenters. The lowest BCUT2D eigenvalue weighted by atomic mass is 10.0. The number of nitrogens with two attached hydrogens (primary N) is 2. The van der Waals surface area contributed by atoms with Gasteiger partial charge in [0.25, 0.3) is 0 Å². The van der Waals surface area contributed by atoms with E-state index >= 15 is 0 Å². The zero-order valence-electron chi connectivity index (χ0n) is 15.7. The van der Waals surface area contributed by atoms with Gasteiger partial charge in [0, 0.05) is 5.75 Å². The third-order valence-corrected chi connectivity index (χ3v) is 4.20. The Hall–Kier alpha value is -1.85. The van der Waals surface area contributed by atoms with Crippen molar-refractivity contribution in [2.75, 3.05) is 18.8 Å². The van der Waals surface area contributed by atoms with Crippen molar-refractivity contribution >= 4 is 36.3 Å². The fourth-order valence-corrected chi connectivity index (χ4v) is 2.34. The van der Waals surface area contributed by atoms with Gasteiger partial charge in [0.15, 0.2) is 0 Å². The number of thiol groups is 1. The van der Waals surface area contributed by atoms with E-state index in [1.165, 1.54) is 0 Å². The summed E-state index contributed by atoms with van der Waals surface area (Å²) in [6.07, 6.45) is 1.60. The minimum atomic E-state index is -1.21. The van der Waals surface area contributed by atoms with Gasteiger partial charge < -0.3 is 32.5 Å². The molecule has 3 amide bonds. The van der Waals surface area contributed by atoms with E-state index < -0.39 is 48.4 Å². The number of rotatable bonds is 13. The number of carboxylic acids is 1. The smallest absolute Gasteiger partial charge is 0.322 e. The van der Waals surface area contributed by atoms with E-state index in [4.69, 9.17) is 16.6 Å². The molecule has 0 aliphatic carbocycles. The minimum absolute atomic E-state index is 0.0355. The number of hydrogen-bond acceptors (Lipinski definition) is 7. The van der Waals surface area contributed by atoms with E-state index in [2.05, 4.69) is 28.6 Å². The van der Waals surface area contributed by atoms with Crippen LogP contribution in [0.1, 0.15) is 33.1 Å². The number of aliphatic carboxylic acids is 1. The van der Waals surface area contributed by atoms with Crippen LogP contribution in [-0.4, -0.2) is 65.8 Å². The van der Waals surface area contributed by atoms with Crippen LogP contribution in [0, 0.1) is 5.92 Å². The van der Waals surface area contributed by atoms with Crippen LogP contribution in [0.15, 0.2) is 0 Å². The Morgan fingerprint density at radius 1 is 1.00 bits per heavy atom.